The van der Waals surface area contributed by atoms with Crippen LogP contribution in [0.3, 0.4) is 0 Å². The zero-order valence-electron chi connectivity index (χ0n) is 15.1. The van der Waals surface area contributed by atoms with Crippen molar-refractivity contribution in [2.45, 2.75) is 64.9 Å². The molecule has 1 aliphatic carbocycles. The second-order valence-electron chi connectivity index (χ2n) is 7.85. The predicted octanol–water partition coefficient (Wildman–Crippen LogP) is 4.70. The van der Waals surface area contributed by atoms with Gasteiger partial charge >= 0.3 is 0 Å². The highest BCUT2D eigenvalue weighted by Crippen LogP contribution is 2.52. The number of hydrogen-bond acceptors (Lipinski definition) is 3. The van der Waals surface area contributed by atoms with E-state index in [9.17, 15) is 10.2 Å². The van der Waals surface area contributed by atoms with Crippen LogP contribution in [0.25, 0.3) is 5.57 Å². The number of aryl methyl sites for hydroxylation is 1. The second kappa shape index (κ2) is 6.79. The lowest BCUT2D eigenvalue weighted by molar-refractivity contribution is 0.0487. The van der Waals surface area contributed by atoms with Crippen LogP contribution in [0.1, 0.15) is 64.0 Å². The van der Waals surface area contributed by atoms with Gasteiger partial charge in [0.05, 0.1) is 5.56 Å². The monoisotopic (exact) mass is 330 g/mol. The first-order valence-electron chi connectivity index (χ1n) is 9.34. The van der Waals surface area contributed by atoms with Gasteiger partial charge in [0.1, 0.15) is 17.1 Å². The normalized spacial score (nSPS) is 24.6. The topological polar surface area (TPSA) is 49.7 Å². The van der Waals surface area contributed by atoms with E-state index in [1.54, 1.807) is 0 Å². The molecule has 1 heterocycles. The first-order valence-corrected chi connectivity index (χ1v) is 9.34. The molecule has 3 rings (SSSR count). The van der Waals surface area contributed by atoms with Gasteiger partial charge in [0.25, 0.3) is 0 Å². The third kappa shape index (κ3) is 3.19. The summed E-state index contributed by atoms with van der Waals surface area (Å²) in [6.45, 7) is 6.63. The van der Waals surface area contributed by atoms with Crippen LogP contribution in [0.15, 0.2) is 18.2 Å². The molecule has 3 nitrogen and oxygen atoms in total. The Bertz CT molecular complexity index is 630. The summed E-state index contributed by atoms with van der Waals surface area (Å²) < 4.78 is 6.32. The lowest BCUT2D eigenvalue weighted by Gasteiger charge is -2.44. The molecule has 2 N–H and O–H groups in total. The van der Waals surface area contributed by atoms with Gasteiger partial charge in [0, 0.05) is 18.4 Å². The number of phenolic OH excluding ortho intramolecular Hbond substituents is 1. The second-order valence-corrected chi connectivity index (χ2v) is 7.85. The van der Waals surface area contributed by atoms with Crippen molar-refractivity contribution in [2.24, 2.45) is 11.8 Å². The van der Waals surface area contributed by atoms with E-state index >= 15 is 0 Å². The highest BCUT2D eigenvalue weighted by molar-refractivity contribution is 5.80. The van der Waals surface area contributed by atoms with Crippen LogP contribution in [-0.2, 0) is 6.42 Å². The molecule has 3 heteroatoms. The molecule has 0 fully saturated rings. The number of aliphatic hydroxyl groups excluding tert-OH is 1. The highest BCUT2D eigenvalue weighted by atomic mass is 16.5. The molecule has 0 saturated heterocycles. The summed E-state index contributed by atoms with van der Waals surface area (Å²) in [5.41, 5.74) is 2.86. The van der Waals surface area contributed by atoms with Gasteiger partial charge in [0.2, 0.25) is 0 Å². The van der Waals surface area contributed by atoms with Crippen molar-refractivity contribution in [3.05, 3.63) is 29.3 Å². The summed E-state index contributed by atoms with van der Waals surface area (Å²) in [5.74, 6) is 1.57. The quantitative estimate of drug-likeness (QED) is 0.770. The molecule has 2 atom stereocenters. The predicted molar refractivity (Wildman–Crippen MR) is 97.3 cm³/mol. The van der Waals surface area contributed by atoms with Crippen LogP contribution in [-0.4, -0.2) is 22.4 Å². The first kappa shape index (κ1) is 17.3. The molecule has 132 valence electrons. The highest BCUT2D eigenvalue weighted by Gasteiger charge is 2.43. The zero-order chi connectivity index (χ0) is 17.3. The summed E-state index contributed by atoms with van der Waals surface area (Å²) in [5, 5.41) is 20.2. The van der Waals surface area contributed by atoms with E-state index < -0.39 is 0 Å². The Morgan fingerprint density at radius 3 is 2.71 bits per heavy atom. The molecule has 0 saturated carbocycles. The number of aliphatic hydroxyl groups is 1. The number of fused-ring (bicyclic) bond motifs is 3. The van der Waals surface area contributed by atoms with Gasteiger partial charge in [-0.2, -0.15) is 0 Å². The fourth-order valence-electron chi connectivity index (χ4n) is 4.22. The van der Waals surface area contributed by atoms with Crippen molar-refractivity contribution in [1.29, 1.82) is 0 Å². The maximum atomic E-state index is 10.7. The zero-order valence-corrected chi connectivity index (χ0v) is 15.1. The fraction of sp³-hybridized carbons (Fsp3) is 0.619. The Morgan fingerprint density at radius 1 is 1.21 bits per heavy atom. The largest absolute Gasteiger partial charge is 0.507 e. The molecule has 0 bridgehead atoms. The summed E-state index contributed by atoms with van der Waals surface area (Å²) >= 11 is 0. The molecule has 24 heavy (non-hydrogen) atoms. The Hall–Kier alpha value is -1.48. The summed E-state index contributed by atoms with van der Waals surface area (Å²) in [6, 6.07) is 4.00. The van der Waals surface area contributed by atoms with Crippen LogP contribution >= 0.6 is 0 Å². The molecule has 0 aromatic heterocycles. The summed E-state index contributed by atoms with van der Waals surface area (Å²) in [4.78, 5) is 0. The van der Waals surface area contributed by atoms with E-state index in [4.69, 9.17) is 4.74 Å². The number of aromatic hydroxyl groups is 1. The average molecular weight is 330 g/mol. The van der Waals surface area contributed by atoms with Gasteiger partial charge in [0.15, 0.2) is 0 Å². The number of rotatable bonds is 5. The van der Waals surface area contributed by atoms with Gasteiger partial charge in [-0.25, -0.2) is 0 Å². The first-order chi connectivity index (χ1) is 11.5. The van der Waals surface area contributed by atoms with Crippen LogP contribution < -0.4 is 4.74 Å². The third-order valence-corrected chi connectivity index (χ3v) is 5.56. The van der Waals surface area contributed by atoms with Gasteiger partial charge in [-0.3, -0.25) is 0 Å². The minimum atomic E-state index is -0.284. The number of unbranched alkanes of at least 4 members (excludes halogenated alkanes) is 2. The van der Waals surface area contributed by atoms with E-state index in [1.165, 1.54) is 12.8 Å². The Kier molecular flexibility index (Phi) is 4.91. The summed E-state index contributed by atoms with van der Waals surface area (Å²) in [7, 11) is 0. The minimum absolute atomic E-state index is 0.169. The standard InChI is InChI=1S/C21H30O3/c1-4-5-6-7-14-11-18(23)20-16-10-15(13-22)8-9-17(16)21(2,3)24-19(20)12-14/h10-12,15,17,22-23H,4-9,13H2,1-3H3/t15-,17-/m1/s1. The fourth-order valence-corrected chi connectivity index (χ4v) is 4.22. The number of ether oxygens (including phenoxy) is 1. The Balaban J connectivity index is 2.01. The molecule has 0 unspecified atom stereocenters. The number of benzene rings is 1. The Morgan fingerprint density at radius 2 is 2.00 bits per heavy atom. The molecular formula is C21H30O3. The summed E-state index contributed by atoms with van der Waals surface area (Å²) in [6.07, 6.45) is 8.63. The van der Waals surface area contributed by atoms with Crippen LogP contribution in [0.5, 0.6) is 11.5 Å². The molecule has 1 aliphatic heterocycles. The minimum Gasteiger partial charge on any atom is -0.507 e. The average Bonchev–Trinajstić information content (AvgIpc) is 2.53. The van der Waals surface area contributed by atoms with E-state index in [-0.39, 0.29) is 24.0 Å². The molecule has 1 aromatic carbocycles. The maximum Gasteiger partial charge on any atom is 0.131 e. The molecule has 0 spiro atoms. The third-order valence-electron chi connectivity index (χ3n) is 5.56. The molecule has 1 aromatic rings. The van der Waals surface area contributed by atoms with Crippen LogP contribution in [0, 0.1) is 11.8 Å². The van der Waals surface area contributed by atoms with Crippen molar-refractivity contribution in [3.63, 3.8) is 0 Å². The lowest BCUT2D eigenvalue weighted by atomic mass is 9.70. The van der Waals surface area contributed by atoms with E-state index in [1.807, 2.05) is 6.07 Å². The number of hydrogen-bond donors (Lipinski definition) is 2. The molecule has 2 aliphatic rings. The van der Waals surface area contributed by atoms with Crippen molar-refractivity contribution < 1.29 is 14.9 Å². The number of phenols is 1. The molecule has 0 amide bonds. The van der Waals surface area contributed by atoms with Gasteiger partial charge in [-0.1, -0.05) is 25.8 Å². The van der Waals surface area contributed by atoms with Crippen molar-refractivity contribution in [2.75, 3.05) is 6.61 Å². The van der Waals surface area contributed by atoms with Gasteiger partial charge < -0.3 is 14.9 Å². The lowest BCUT2D eigenvalue weighted by Crippen LogP contribution is -2.43. The van der Waals surface area contributed by atoms with Crippen molar-refractivity contribution in [3.8, 4) is 11.5 Å². The van der Waals surface area contributed by atoms with Crippen LogP contribution in [0.2, 0.25) is 0 Å². The molecule has 0 radical (unpaired) electrons. The molecular weight excluding hydrogens is 300 g/mol. The van der Waals surface area contributed by atoms with Crippen LogP contribution in [0.4, 0.5) is 0 Å². The van der Waals surface area contributed by atoms with Gasteiger partial charge in [-0.15, -0.1) is 0 Å². The van der Waals surface area contributed by atoms with E-state index in [2.05, 4.69) is 32.9 Å². The van der Waals surface area contributed by atoms with Gasteiger partial charge in [-0.05, 0) is 62.8 Å². The Labute approximate surface area is 145 Å². The SMILES string of the molecule is CCCCCc1cc(O)c2c(c1)OC(C)(C)[C@@H]1CC[C@@H](CO)C=C21. The smallest absolute Gasteiger partial charge is 0.131 e. The maximum absolute atomic E-state index is 10.7. The van der Waals surface area contributed by atoms with E-state index in [0.29, 0.717) is 5.75 Å². The van der Waals surface area contributed by atoms with Crippen molar-refractivity contribution >= 4 is 5.57 Å². The van der Waals surface area contributed by atoms with E-state index in [0.717, 1.165) is 48.1 Å². The van der Waals surface area contributed by atoms with Crippen molar-refractivity contribution in [1.82, 2.24) is 0 Å².